The Bertz CT molecular complexity index is 399. The summed E-state index contributed by atoms with van der Waals surface area (Å²) in [4.78, 5) is 18.5. The number of carbonyl (C=O) groups is 1. The van der Waals surface area contributed by atoms with Crippen LogP contribution >= 0.6 is 0 Å². The molecule has 1 aliphatic rings. The third kappa shape index (κ3) is 2.38. The summed E-state index contributed by atoms with van der Waals surface area (Å²) < 4.78 is 0. The Morgan fingerprint density at radius 2 is 2.44 bits per heavy atom. The van der Waals surface area contributed by atoms with Gasteiger partial charge in [0.2, 0.25) is 5.91 Å². The monoisotopic (exact) mass is 247 g/mol. The molecule has 0 aliphatic carbocycles. The van der Waals surface area contributed by atoms with Crippen LogP contribution in [0.15, 0.2) is 24.5 Å². The Morgan fingerprint density at radius 3 is 3.00 bits per heavy atom. The van der Waals surface area contributed by atoms with E-state index in [0.717, 1.165) is 38.0 Å². The Balaban J connectivity index is 2.19. The third-order valence-corrected chi connectivity index (χ3v) is 3.94. The van der Waals surface area contributed by atoms with Gasteiger partial charge in [-0.25, -0.2) is 0 Å². The first-order valence-corrected chi connectivity index (χ1v) is 6.58. The standard InChI is InChI=1S/C14H21N3O/c1-3-14(7-5-9-16-11-14)13(18)17(2)12-6-4-8-15-10-12/h4,6,8,10,16H,3,5,7,9,11H2,1-2H3. The zero-order valence-corrected chi connectivity index (χ0v) is 11.1. The molecule has 0 spiro atoms. The smallest absolute Gasteiger partial charge is 0.234 e. The van der Waals surface area contributed by atoms with Crippen molar-refractivity contribution >= 4 is 11.6 Å². The summed E-state index contributed by atoms with van der Waals surface area (Å²) in [6.07, 6.45) is 6.38. The van der Waals surface area contributed by atoms with Gasteiger partial charge in [0.25, 0.3) is 0 Å². The molecule has 1 fully saturated rings. The average Bonchev–Trinajstić information content (AvgIpc) is 2.47. The number of hydrogen-bond donors (Lipinski definition) is 1. The molecule has 0 radical (unpaired) electrons. The first-order valence-electron chi connectivity index (χ1n) is 6.58. The number of hydrogen-bond acceptors (Lipinski definition) is 3. The average molecular weight is 247 g/mol. The molecule has 4 heteroatoms. The summed E-state index contributed by atoms with van der Waals surface area (Å²) in [6.45, 7) is 3.90. The molecule has 2 heterocycles. The predicted octanol–water partition coefficient (Wildman–Crippen LogP) is 1.82. The van der Waals surface area contributed by atoms with Gasteiger partial charge >= 0.3 is 0 Å². The Hall–Kier alpha value is -1.42. The molecule has 1 unspecified atom stereocenters. The zero-order chi connectivity index (χ0) is 13.0. The number of nitrogens with one attached hydrogen (secondary N) is 1. The van der Waals surface area contributed by atoms with Crippen LogP contribution in [0.1, 0.15) is 26.2 Å². The van der Waals surface area contributed by atoms with E-state index in [1.165, 1.54) is 0 Å². The van der Waals surface area contributed by atoms with E-state index in [2.05, 4.69) is 17.2 Å². The Labute approximate surface area is 108 Å². The Kier molecular flexibility index (Phi) is 3.97. The first-order chi connectivity index (χ1) is 8.69. The highest BCUT2D eigenvalue weighted by Gasteiger charge is 2.39. The molecule has 1 aliphatic heterocycles. The van der Waals surface area contributed by atoms with Crippen molar-refractivity contribution in [2.45, 2.75) is 26.2 Å². The second-order valence-electron chi connectivity index (χ2n) is 4.99. The van der Waals surface area contributed by atoms with E-state index in [-0.39, 0.29) is 11.3 Å². The van der Waals surface area contributed by atoms with E-state index in [1.807, 2.05) is 19.2 Å². The SMILES string of the molecule is CCC1(C(=O)N(C)c2cccnc2)CCCNC1. The maximum atomic E-state index is 12.7. The third-order valence-electron chi connectivity index (χ3n) is 3.94. The second-order valence-corrected chi connectivity index (χ2v) is 4.99. The minimum atomic E-state index is -0.247. The van der Waals surface area contributed by atoms with Crippen LogP contribution in [0.2, 0.25) is 0 Å². The van der Waals surface area contributed by atoms with Crippen LogP contribution in [0.4, 0.5) is 5.69 Å². The van der Waals surface area contributed by atoms with Crippen LogP contribution < -0.4 is 10.2 Å². The van der Waals surface area contributed by atoms with Crippen molar-refractivity contribution in [2.75, 3.05) is 25.0 Å². The van der Waals surface area contributed by atoms with Crippen molar-refractivity contribution in [1.29, 1.82) is 0 Å². The molecule has 1 saturated heterocycles. The number of pyridine rings is 1. The van der Waals surface area contributed by atoms with Crippen LogP contribution in [0.5, 0.6) is 0 Å². The largest absolute Gasteiger partial charge is 0.316 e. The fraction of sp³-hybridized carbons (Fsp3) is 0.571. The van der Waals surface area contributed by atoms with Crippen LogP contribution in [-0.4, -0.2) is 31.0 Å². The molecule has 0 aromatic carbocycles. The molecule has 0 saturated carbocycles. The molecule has 0 bridgehead atoms. The van der Waals surface area contributed by atoms with Gasteiger partial charge in [-0.1, -0.05) is 6.92 Å². The van der Waals surface area contributed by atoms with Crippen LogP contribution in [0, 0.1) is 5.41 Å². The summed E-state index contributed by atoms with van der Waals surface area (Å²) in [7, 11) is 1.84. The maximum Gasteiger partial charge on any atom is 0.234 e. The van der Waals surface area contributed by atoms with Crippen molar-refractivity contribution in [3.8, 4) is 0 Å². The summed E-state index contributed by atoms with van der Waals surface area (Å²) in [5.74, 6) is 0.199. The Morgan fingerprint density at radius 1 is 1.61 bits per heavy atom. The van der Waals surface area contributed by atoms with Crippen molar-refractivity contribution in [1.82, 2.24) is 10.3 Å². The van der Waals surface area contributed by atoms with Gasteiger partial charge in [-0.05, 0) is 37.9 Å². The summed E-state index contributed by atoms with van der Waals surface area (Å²) in [6, 6.07) is 3.78. The van der Waals surface area contributed by atoms with Gasteiger partial charge < -0.3 is 10.2 Å². The zero-order valence-electron chi connectivity index (χ0n) is 11.1. The van der Waals surface area contributed by atoms with Crippen molar-refractivity contribution in [2.24, 2.45) is 5.41 Å². The minimum Gasteiger partial charge on any atom is -0.316 e. The first kappa shape index (κ1) is 13.0. The van der Waals surface area contributed by atoms with Crippen LogP contribution in [-0.2, 0) is 4.79 Å². The van der Waals surface area contributed by atoms with Gasteiger partial charge in [-0.3, -0.25) is 9.78 Å². The van der Waals surface area contributed by atoms with Crippen molar-refractivity contribution in [3.63, 3.8) is 0 Å². The molecule has 1 atom stereocenters. The van der Waals surface area contributed by atoms with E-state index in [9.17, 15) is 4.79 Å². The summed E-state index contributed by atoms with van der Waals surface area (Å²) in [5.41, 5.74) is 0.615. The summed E-state index contributed by atoms with van der Waals surface area (Å²) in [5, 5.41) is 3.35. The highest BCUT2D eigenvalue weighted by Crippen LogP contribution is 2.33. The minimum absolute atomic E-state index is 0.199. The lowest BCUT2D eigenvalue weighted by molar-refractivity contribution is -0.129. The molecular formula is C14H21N3O. The number of amides is 1. The quantitative estimate of drug-likeness (QED) is 0.886. The molecule has 98 valence electrons. The van der Waals surface area contributed by atoms with Gasteiger partial charge in [0.05, 0.1) is 17.3 Å². The topological polar surface area (TPSA) is 45.2 Å². The van der Waals surface area contributed by atoms with Gasteiger partial charge in [-0.2, -0.15) is 0 Å². The predicted molar refractivity (Wildman–Crippen MR) is 72.5 cm³/mol. The number of anilines is 1. The number of nitrogens with zero attached hydrogens (tertiary/aromatic N) is 2. The highest BCUT2D eigenvalue weighted by molar-refractivity contribution is 5.97. The van der Waals surface area contributed by atoms with Crippen molar-refractivity contribution in [3.05, 3.63) is 24.5 Å². The van der Waals surface area contributed by atoms with E-state index < -0.39 is 0 Å². The number of piperidine rings is 1. The van der Waals surface area contributed by atoms with Gasteiger partial charge in [-0.15, -0.1) is 0 Å². The number of carbonyl (C=O) groups excluding carboxylic acids is 1. The fourth-order valence-corrected chi connectivity index (χ4v) is 2.63. The van der Waals surface area contributed by atoms with E-state index >= 15 is 0 Å². The second kappa shape index (κ2) is 5.48. The lowest BCUT2D eigenvalue weighted by Gasteiger charge is -2.38. The van der Waals surface area contributed by atoms with E-state index in [4.69, 9.17) is 0 Å². The normalized spacial score (nSPS) is 23.7. The van der Waals surface area contributed by atoms with Crippen LogP contribution in [0.3, 0.4) is 0 Å². The highest BCUT2D eigenvalue weighted by atomic mass is 16.2. The van der Waals surface area contributed by atoms with Gasteiger partial charge in [0.15, 0.2) is 0 Å². The molecular weight excluding hydrogens is 226 g/mol. The van der Waals surface area contributed by atoms with Gasteiger partial charge in [0, 0.05) is 19.8 Å². The molecule has 18 heavy (non-hydrogen) atoms. The molecule has 2 rings (SSSR count). The summed E-state index contributed by atoms with van der Waals surface area (Å²) >= 11 is 0. The molecule has 4 nitrogen and oxygen atoms in total. The van der Waals surface area contributed by atoms with Crippen LogP contribution in [0.25, 0.3) is 0 Å². The molecule has 1 amide bonds. The number of rotatable bonds is 3. The number of aromatic nitrogens is 1. The molecule has 1 N–H and O–H groups in total. The fourth-order valence-electron chi connectivity index (χ4n) is 2.63. The maximum absolute atomic E-state index is 12.7. The van der Waals surface area contributed by atoms with Gasteiger partial charge in [0.1, 0.15) is 0 Å². The lowest BCUT2D eigenvalue weighted by Crippen LogP contribution is -2.50. The van der Waals surface area contributed by atoms with E-state index in [1.54, 1.807) is 17.3 Å². The van der Waals surface area contributed by atoms with Crippen molar-refractivity contribution < 1.29 is 4.79 Å². The molecule has 1 aromatic heterocycles. The van der Waals surface area contributed by atoms with E-state index in [0.29, 0.717) is 0 Å². The molecule has 1 aromatic rings. The lowest BCUT2D eigenvalue weighted by atomic mass is 9.77.